The zero-order valence-electron chi connectivity index (χ0n) is 16.5. The summed E-state index contributed by atoms with van der Waals surface area (Å²) < 4.78 is 0. The Balaban J connectivity index is 1.49. The maximum atomic E-state index is 12.7. The second-order valence-corrected chi connectivity index (χ2v) is 7.43. The van der Waals surface area contributed by atoms with Gasteiger partial charge >= 0.3 is 0 Å². The van der Waals surface area contributed by atoms with Crippen molar-refractivity contribution < 1.29 is 14.6 Å². The van der Waals surface area contributed by atoms with Gasteiger partial charge in [0.25, 0.3) is 5.69 Å². The minimum absolute atomic E-state index is 0.0191. The minimum atomic E-state index is -0.396. The Labute approximate surface area is 174 Å². The van der Waals surface area contributed by atoms with Crippen LogP contribution in [-0.4, -0.2) is 41.9 Å². The number of hydrogen-bond acceptors (Lipinski definition) is 5. The molecular weight excluding hydrogens is 380 g/mol. The highest BCUT2D eigenvalue weighted by atomic mass is 16.6. The molecule has 2 heterocycles. The number of carbonyl (C=O) groups is 1. The lowest BCUT2D eigenvalue weighted by Gasteiger charge is -2.33. The van der Waals surface area contributed by atoms with Crippen LogP contribution in [-0.2, 0) is 6.54 Å². The highest BCUT2D eigenvalue weighted by Crippen LogP contribution is 2.30. The Hall–Kier alpha value is -3.58. The van der Waals surface area contributed by atoms with Crippen molar-refractivity contribution in [1.29, 1.82) is 0 Å². The molecule has 7 heteroatoms. The summed E-state index contributed by atoms with van der Waals surface area (Å²) in [5.74, 6) is -0.211. The molecular formula is C23H23N4O3+. The van der Waals surface area contributed by atoms with Crippen molar-refractivity contribution in [2.45, 2.75) is 6.54 Å². The van der Waals surface area contributed by atoms with Crippen LogP contribution in [0.4, 0.5) is 11.4 Å². The van der Waals surface area contributed by atoms with E-state index in [1.807, 2.05) is 23.1 Å². The second kappa shape index (κ2) is 8.84. The highest BCUT2D eigenvalue weighted by Gasteiger charge is 2.27. The van der Waals surface area contributed by atoms with Gasteiger partial charge in [0.1, 0.15) is 12.2 Å². The average Bonchev–Trinajstić information content (AvgIpc) is 2.80. The number of rotatable bonds is 6. The van der Waals surface area contributed by atoms with Crippen LogP contribution in [0.1, 0.15) is 21.5 Å². The molecule has 0 atom stereocenters. The molecule has 0 aliphatic carbocycles. The Morgan fingerprint density at radius 2 is 1.70 bits per heavy atom. The van der Waals surface area contributed by atoms with Gasteiger partial charge in [-0.25, -0.2) is 0 Å². The first kappa shape index (κ1) is 19.7. The molecule has 1 saturated heterocycles. The molecule has 1 fully saturated rings. The molecule has 4 rings (SSSR count). The lowest BCUT2D eigenvalue weighted by Crippen LogP contribution is -3.13. The maximum Gasteiger partial charge on any atom is 0.293 e. The molecule has 152 valence electrons. The molecule has 7 nitrogen and oxygen atoms in total. The monoisotopic (exact) mass is 403 g/mol. The number of benzene rings is 2. The van der Waals surface area contributed by atoms with Crippen molar-refractivity contribution in [3.63, 3.8) is 0 Å². The SMILES string of the molecule is O=C(c1ccccc1)c1ccc(N2CC[NH+](Cc3ccncc3)CC2)c([N+](=O)[O-])c1. The third-order valence-corrected chi connectivity index (χ3v) is 5.48. The summed E-state index contributed by atoms with van der Waals surface area (Å²) in [6.07, 6.45) is 3.60. The summed E-state index contributed by atoms with van der Waals surface area (Å²) in [4.78, 5) is 31.6. The van der Waals surface area contributed by atoms with E-state index in [4.69, 9.17) is 0 Å². The van der Waals surface area contributed by atoms with E-state index in [1.54, 1.807) is 48.8 Å². The number of pyridine rings is 1. The quantitative estimate of drug-likeness (QED) is 0.387. The molecule has 3 aromatic rings. The minimum Gasteiger partial charge on any atom is -0.355 e. The Morgan fingerprint density at radius 1 is 1.00 bits per heavy atom. The van der Waals surface area contributed by atoms with Crippen molar-refractivity contribution in [2.24, 2.45) is 0 Å². The van der Waals surface area contributed by atoms with Gasteiger partial charge < -0.3 is 9.80 Å². The molecule has 0 bridgehead atoms. The standard InChI is InChI=1S/C23H22N4O3/c28-23(19-4-2-1-3-5-19)20-6-7-21(22(16-20)27(29)30)26-14-12-25(13-15-26)17-18-8-10-24-11-9-18/h1-11,16H,12-15,17H2/p+1. The van der Waals surface area contributed by atoms with Gasteiger partial charge in [0.2, 0.25) is 0 Å². The number of carbonyl (C=O) groups excluding carboxylic acids is 1. The van der Waals surface area contributed by atoms with Crippen molar-refractivity contribution in [3.8, 4) is 0 Å². The molecule has 0 radical (unpaired) electrons. The number of quaternary nitrogens is 1. The lowest BCUT2D eigenvalue weighted by atomic mass is 10.0. The summed E-state index contributed by atoms with van der Waals surface area (Å²) in [5, 5.41) is 11.7. The fraction of sp³-hybridized carbons (Fsp3) is 0.217. The first-order valence-electron chi connectivity index (χ1n) is 9.97. The van der Waals surface area contributed by atoms with Gasteiger partial charge in [0.05, 0.1) is 31.1 Å². The summed E-state index contributed by atoms with van der Waals surface area (Å²) in [6.45, 7) is 4.16. The number of anilines is 1. The van der Waals surface area contributed by atoms with Crippen LogP contribution in [0.3, 0.4) is 0 Å². The predicted octanol–water partition coefficient (Wildman–Crippen LogP) is 2.13. The topological polar surface area (TPSA) is 80.8 Å². The fourth-order valence-corrected chi connectivity index (χ4v) is 3.86. The predicted molar refractivity (Wildman–Crippen MR) is 114 cm³/mol. The van der Waals surface area contributed by atoms with E-state index in [9.17, 15) is 14.9 Å². The van der Waals surface area contributed by atoms with Crippen LogP contribution in [0.5, 0.6) is 0 Å². The number of nitrogens with zero attached hydrogens (tertiary/aromatic N) is 3. The van der Waals surface area contributed by atoms with E-state index in [-0.39, 0.29) is 11.5 Å². The van der Waals surface area contributed by atoms with Gasteiger partial charge in [0, 0.05) is 35.2 Å². The van der Waals surface area contributed by atoms with Crippen LogP contribution in [0.15, 0.2) is 73.1 Å². The maximum absolute atomic E-state index is 12.7. The van der Waals surface area contributed by atoms with E-state index in [2.05, 4.69) is 4.98 Å². The molecule has 2 aromatic carbocycles. The summed E-state index contributed by atoms with van der Waals surface area (Å²) in [7, 11) is 0. The first-order valence-corrected chi connectivity index (χ1v) is 9.97. The third kappa shape index (κ3) is 4.36. The Bertz CT molecular complexity index is 1030. The van der Waals surface area contributed by atoms with E-state index >= 15 is 0 Å². The number of aromatic nitrogens is 1. The average molecular weight is 403 g/mol. The number of nitrogens with one attached hydrogen (secondary N) is 1. The smallest absolute Gasteiger partial charge is 0.293 e. The molecule has 1 aromatic heterocycles. The summed E-state index contributed by atoms with van der Waals surface area (Å²) in [5.41, 5.74) is 2.65. The Morgan fingerprint density at radius 3 is 2.37 bits per heavy atom. The zero-order valence-corrected chi connectivity index (χ0v) is 16.5. The van der Waals surface area contributed by atoms with Crippen LogP contribution >= 0.6 is 0 Å². The van der Waals surface area contributed by atoms with Gasteiger partial charge in [-0.1, -0.05) is 30.3 Å². The van der Waals surface area contributed by atoms with Gasteiger partial charge in [-0.05, 0) is 24.3 Å². The molecule has 1 N–H and O–H groups in total. The normalized spacial score (nSPS) is 14.5. The van der Waals surface area contributed by atoms with Crippen LogP contribution in [0.2, 0.25) is 0 Å². The molecule has 0 amide bonds. The fourth-order valence-electron chi connectivity index (χ4n) is 3.86. The highest BCUT2D eigenvalue weighted by molar-refractivity contribution is 6.09. The molecule has 0 unspecified atom stereocenters. The molecule has 0 spiro atoms. The van der Waals surface area contributed by atoms with Gasteiger partial charge in [0.15, 0.2) is 5.78 Å². The molecule has 1 aliphatic rings. The van der Waals surface area contributed by atoms with Crippen LogP contribution < -0.4 is 9.80 Å². The number of piperazine rings is 1. The van der Waals surface area contributed by atoms with Crippen LogP contribution in [0.25, 0.3) is 0 Å². The van der Waals surface area contributed by atoms with Crippen molar-refractivity contribution in [1.82, 2.24) is 4.98 Å². The van der Waals surface area contributed by atoms with Crippen molar-refractivity contribution >= 4 is 17.2 Å². The van der Waals surface area contributed by atoms with Gasteiger partial charge in [-0.15, -0.1) is 0 Å². The number of nitro benzene ring substituents is 1. The first-order chi connectivity index (χ1) is 14.6. The number of ketones is 1. The summed E-state index contributed by atoms with van der Waals surface area (Å²) >= 11 is 0. The molecule has 0 saturated carbocycles. The third-order valence-electron chi connectivity index (χ3n) is 5.48. The lowest BCUT2D eigenvalue weighted by molar-refractivity contribution is -0.914. The van der Waals surface area contributed by atoms with Crippen molar-refractivity contribution in [2.75, 3.05) is 31.1 Å². The van der Waals surface area contributed by atoms with E-state index in [0.29, 0.717) is 16.8 Å². The number of hydrogen-bond donors (Lipinski definition) is 1. The van der Waals surface area contributed by atoms with E-state index in [0.717, 1.165) is 32.7 Å². The van der Waals surface area contributed by atoms with Crippen molar-refractivity contribution in [3.05, 3.63) is 99.9 Å². The van der Waals surface area contributed by atoms with E-state index in [1.165, 1.54) is 16.5 Å². The molecule has 30 heavy (non-hydrogen) atoms. The molecule has 1 aliphatic heterocycles. The number of nitro groups is 1. The zero-order chi connectivity index (χ0) is 20.9. The van der Waals surface area contributed by atoms with E-state index < -0.39 is 4.92 Å². The van der Waals surface area contributed by atoms with Gasteiger partial charge in [-0.3, -0.25) is 19.9 Å². The second-order valence-electron chi connectivity index (χ2n) is 7.43. The van der Waals surface area contributed by atoms with Crippen LogP contribution in [0, 0.1) is 10.1 Å². The summed E-state index contributed by atoms with van der Waals surface area (Å²) in [6, 6.07) is 17.7. The Kier molecular flexibility index (Phi) is 5.81. The van der Waals surface area contributed by atoms with Gasteiger partial charge in [-0.2, -0.15) is 0 Å². The largest absolute Gasteiger partial charge is 0.355 e.